The topological polar surface area (TPSA) is 9.23 Å². The first-order valence-electron chi connectivity index (χ1n) is 9.54. The van der Waals surface area contributed by atoms with Gasteiger partial charge in [-0.15, -0.1) is 0 Å². The Bertz CT molecular complexity index is 669. The third kappa shape index (κ3) is 5.40. The monoisotopic (exact) mass is 340 g/mol. The van der Waals surface area contributed by atoms with E-state index in [2.05, 4.69) is 31.2 Å². The second kappa shape index (κ2) is 8.62. The van der Waals surface area contributed by atoms with Crippen LogP contribution in [-0.4, -0.2) is 12.7 Å². The van der Waals surface area contributed by atoms with Gasteiger partial charge >= 0.3 is 0 Å². The third-order valence-electron chi connectivity index (χ3n) is 5.40. The SMILES string of the molecule is Cc1ccc(CCc2ccc(CCC3CCC(C)OC3)cc2)cc1F. The molecule has 0 spiro atoms. The number of hydrogen-bond acceptors (Lipinski definition) is 1. The van der Waals surface area contributed by atoms with Crippen molar-refractivity contribution < 1.29 is 9.13 Å². The van der Waals surface area contributed by atoms with Crippen molar-refractivity contribution in [2.24, 2.45) is 5.92 Å². The Morgan fingerprint density at radius 3 is 2.20 bits per heavy atom. The van der Waals surface area contributed by atoms with Crippen LogP contribution in [0.15, 0.2) is 42.5 Å². The van der Waals surface area contributed by atoms with Gasteiger partial charge in [0.1, 0.15) is 5.82 Å². The van der Waals surface area contributed by atoms with Gasteiger partial charge in [-0.25, -0.2) is 4.39 Å². The van der Waals surface area contributed by atoms with Crippen LogP contribution in [0.5, 0.6) is 0 Å². The summed E-state index contributed by atoms with van der Waals surface area (Å²) in [6.45, 7) is 4.89. The van der Waals surface area contributed by atoms with E-state index < -0.39 is 0 Å². The molecule has 1 aliphatic rings. The zero-order valence-electron chi connectivity index (χ0n) is 15.4. The fourth-order valence-electron chi connectivity index (χ4n) is 3.49. The van der Waals surface area contributed by atoms with Gasteiger partial charge in [0.05, 0.1) is 6.10 Å². The second-order valence-corrected chi connectivity index (χ2v) is 7.53. The molecule has 1 heterocycles. The lowest BCUT2D eigenvalue weighted by molar-refractivity contribution is -0.00694. The van der Waals surface area contributed by atoms with Gasteiger partial charge in [0, 0.05) is 6.61 Å². The largest absolute Gasteiger partial charge is 0.378 e. The van der Waals surface area contributed by atoms with Crippen molar-refractivity contribution in [2.45, 2.75) is 58.5 Å². The number of halogens is 1. The molecule has 0 N–H and O–H groups in total. The summed E-state index contributed by atoms with van der Waals surface area (Å²) in [5, 5.41) is 0. The molecular formula is C23H29FO. The summed E-state index contributed by atoms with van der Waals surface area (Å²) in [6, 6.07) is 14.5. The van der Waals surface area contributed by atoms with Crippen molar-refractivity contribution in [1.82, 2.24) is 0 Å². The van der Waals surface area contributed by atoms with Gasteiger partial charge in [0.15, 0.2) is 0 Å². The molecule has 1 nitrogen and oxygen atoms in total. The highest BCUT2D eigenvalue weighted by Crippen LogP contribution is 2.23. The molecule has 2 aromatic rings. The summed E-state index contributed by atoms with van der Waals surface area (Å²) in [6.07, 6.45) is 7.12. The summed E-state index contributed by atoms with van der Waals surface area (Å²) >= 11 is 0. The van der Waals surface area contributed by atoms with E-state index in [0.29, 0.717) is 17.6 Å². The Hall–Kier alpha value is -1.67. The zero-order chi connectivity index (χ0) is 17.6. The van der Waals surface area contributed by atoms with E-state index >= 15 is 0 Å². The Labute approximate surface area is 151 Å². The lowest BCUT2D eigenvalue weighted by atomic mass is 9.92. The molecule has 2 aromatic carbocycles. The van der Waals surface area contributed by atoms with Crippen molar-refractivity contribution in [3.63, 3.8) is 0 Å². The van der Waals surface area contributed by atoms with E-state index in [1.807, 2.05) is 12.1 Å². The normalized spacial score (nSPS) is 20.6. The molecular weight excluding hydrogens is 311 g/mol. The third-order valence-corrected chi connectivity index (χ3v) is 5.40. The van der Waals surface area contributed by atoms with Gasteiger partial charge in [-0.05, 0) is 86.6 Å². The Morgan fingerprint density at radius 1 is 0.920 bits per heavy atom. The molecule has 1 aliphatic heterocycles. The molecule has 1 fully saturated rings. The summed E-state index contributed by atoms with van der Waals surface area (Å²) < 4.78 is 19.4. The number of benzene rings is 2. The summed E-state index contributed by atoms with van der Waals surface area (Å²) in [5.74, 6) is 0.612. The molecule has 1 saturated heterocycles. The Kier molecular flexibility index (Phi) is 6.25. The molecule has 2 unspecified atom stereocenters. The average molecular weight is 340 g/mol. The van der Waals surface area contributed by atoms with E-state index in [0.717, 1.165) is 31.4 Å². The minimum absolute atomic E-state index is 0.103. The van der Waals surface area contributed by atoms with Crippen LogP contribution in [0.3, 0.4) is 0 Å². The van der Waals surface area contributed by atoms with Crippen molar-refractivity contribution in [1.29, 1.82) is 0 Å². The van der Waals surface area contributed by atoms with Crippen LogP contribution in [0.1, 0.15) is 48.4 Å². The van der Waals surface area contributed by atoms with Gasteiger partial charge in [-0.1, -0.05) is 36.4 Å². The molecule has 0 amide bonds. The lowest BCUT2D eigenvalue weighted by Gasteiger charge is -2.26. The fourth-order valence-corrected chi connectivity index (χ4v) is 3.49. The first-order chi connectivity index (χ1) is 12.1. The van der Waals surface area contributed by atoms with Crippen LogP contribution in [0.4, 0.5) is 4.39 Å². The first kappa shape index (κ1) is 18.1. The van der Waals surface area contributed by atoms with Crippen LogP contribution in [0, 0.1) is 18.7 Å². The molecule has 0 aliphatic carbocycles. The lowest BCUT2D eigenvalue weighted by Crippen LogP contribution is -2.23. The average Bonchev–Trinajstić information content (AvgIpc) is 2.63. The van der Waals surface area contributed by atoms with Gasteiger partial charge in [-0.3, -0.25) is 0 Å². The number of ether oxygens (including phenoxy) is 1. The van der Waals surface area contributed by atoms with E-state index in [1.54, 1.807) is 13.0 Å². The standard InChI is InChI=1S/C23H29FO/c1-17-3-5-21(15-23(17)24)13-11-19-7-9-20(10-8-19)12-14-22-6-4-18(2)25-16-22/h3,5,7-10,15,18,22H,4,6,11-14,16H2,1-2H3. The maximum absolute atomic E-state index is 13.6. The molecule has 0 saturated carbocycles. The van der Waals surface area contributed by atoms with Crippen LogP contribution < -0.4 is 0 Å². The summed E-state index contributed by atoms with van der Waals surface area (Å²) in [4.78, 5) is 0. The van der Waals surface area contributed by atoms with Gasteiger partial charge < -0.3 is 4.74 Å². The molecule has 3 rings (SSSR count). The predicted molar refractivity (Wildman–Crippen MR) is 101 cm³/mol. The molecule has 25 heavy (non-hydrogen) atoms. The quantitative estimate of drug-likeness (QED) is 0.658. The minimum atomic E-state index is -0.103. The van der Waals surface area contributed by atoms with Gasteiger partial charge in [0.25, 0.3) is 0 Å². The molecule has 0 bridgehead atoms. The first-order valence-corrected chi connectivity index (χ1v) is 9.54. The molecule has 0 aromatic heterocycles. The highest BCUT2D eigenvalue weighted by atomic mass is 19.1. The second-order valence-electron chi connectivity index (χ2n) is 7.53. The van der Waals surface area contributed by atoms with Crippen LogP contribution in [0.25, 0.3) is 0 Å². The summed E-state index contributed by atoms with van der Waals surface area (Å²) in [7, 11) is 0. The van der Waals surface area contributed by atoms with Crippen LogP contribution in [0.2, 0.25) is 0 Å². The number of aryl methyl sites for hydroxylation is 4. The molecule has 2 atom stereocenters. The van der Waals surface area contributed by atoms with Crippen molar-refractivity contribution in [3.05, 3.63) is 70.5 Å². The minimum Gasteiger partial charge on any atom is -0.378 e. The van der Waals surface area contributed by atoms with Crippen LogP contribution in [-0.2, 0) is 24.0 Å². The van der Waals surface area contributed by atoms with Gasteiger partial charge in [0.2, 0.25) is 0 Å². The molecule has 134 valence electrons. The van der Waals surface area contributed by atoms with Crippen LogP contribution >= 0.6 is 0 Å². The number of rotatable bonds is 6. The highest BCUT2D eigenvalue weighted by molar-refractivity contribution is 5.26. The predicted octanol–water partition coefficient (Wildman–Crippen LogP) is 5.67. The summed E-state index contributed by atoms with van der Waals surface area (Å²) in [5.41, 5.74) is 4.51. The van der Waals surface area contributed by atoms with E-state index in [4.69, 9.17) is 4.74 Å². The van der Waals surface area contributed by atoms with Crippen molar-refractivity contribution >= 4 is 0 Å². The molecule has 2 heteroatoms. The number of hydrogen-bond donors (Lipinski definition) is 0. The van der Waals surface area contributed by atoms with E-state index in [1.165, 1.54) is 30.4 Å². The Balaban J connectivity index is 1.46. The zero-order valence-corrected chi connectivity index (χ0v) is 15.4. The van der Waals surface area contributed by atoms with Crippen molar-refractivity contribution in [3.8, 4) is 0 Å². The smallest absolute Gasteiger partial charge is 0.126 e. The van der Waals surface area contributed by atoms with E-state index in [-0.39, 0.29) is 5.82 Å². The van der Waals surface area contributed by atoms with Crippen molar-refractivity contribution in [2.75, 3.05) is 6.61 Å². The maximum atomic E-state index is 13.6. The molecule has 0 radical (unpaired) electrons. The fraction of sp³-hybridized carbons (Fsp3) is 0.478. The van der Waals surface area contributed by atoms with Gasteiger partial charge in [-0.2, -0.15) is 0 Å². The highest BCUT2D eigenvalue weighted by Gasteiger charge is 2.18. The maximum Gasteiger partial charge on any atom is 0.126 e. The Morgan fingerprint density at radius 2 is 1.56 bits per heavy atom. The van der Waals surface area contributed by atoms with E-state index in [9.17, 15) is 4.39 Å².